The molecule has 1 aliphatic heterocycles. The van der Waals surface area contributed by atoms with Gasteiger partial charge in [0.2, 0.25) is 11.8 Å². The molecule has 0 fully saturated rings. The molecule has 0 aliphatic carbocycles. The molecule has 144 valence electrons. The maximum absolute atomic E-state index is 12.5. The first-order valence-electron chi connectivity index (χ1n) is 9.37. The van der Waals surface area contributed by atoms with Crippen LogP contribution in [0.3, 0.4) is 0 Å². The number of aromatic nitrogens is 1. The Hall–Kier alpha value is -3.28. The predicted molar refractivity (Wildman–Crippen MR) is 106 cm³/mol. The second-order valence-electron chi connectivity index (χ2n) is 6.66. The second-order valence-corrected chi connectivity index (χ2v) is 6.66. The molecule has 0 spiro atoms. The van der Waals surface area contributed by atoms with Crippen molar-refractivity contribution in [1.29, 1.82) is 0 Å². The zero-order valence-electron chi connectivity index (χ0n) is 16.0. The fraction of sp³-hybridized carbons (Fsp3) is 0.273. The van der Waals surface area contributed by atoms with Crippen molar-refractivity contribution in [2.45, 2.75) is 26.7 Å². The Bertz CT molecular complexity index is 992. The summed E-state index contributed by atoms with van der Waals surface area (Å²) in [7, 11) is 0. The topological polar surface area (TPSA) is 73.6 Å². The first-order chi connectivity index (χ1) is 13.6. The van der Waals surface area contributed by atoms with E-state index in [1.54, 1.807) is 18.2 Å². The molecule has 3 aromatic rings. The molecule has 0 saturated carbocycles. The van der Waals surface area contributed by atoms with Gasteiger partial charge >= 0.3 is 0 Å². The van der Waals surface area contributed by atoms with E-state index in [0.29, 0.717) is 47.7 Å². The van der Waals surface area contributed by atoms with Crippen molar-refractivity contribution in [1.82, 2.24) is 4.98 Å². The summed E-state index contributed by atoms with van der Waals surface area (Å²) in [4.78, 5) is 17.0. The van der Waals surface area contributed by atoms with Crippen LogP contribution in [-0.2, 0) is 17.6 Å². The normalized spacial score (nSPS) is 12.6. The van der Waals surface area contributed by atoms with Crippen LogP contribution in [-0.4, -0.2) is 24.1 Å². The fourth-order valence-corrected chi connectivity index (χ4v) is 3.08. The highest BCUT2D eigenvalue weighted by Gasteiger charge is 2.16. The Morgan fingerprint density at radius 2 is 1.82 bits per heavy atom. The number of carbonyl (C=O) groups is 1. The summed E-state index contributed by atoms with van der Waals surface area (Å²) in [5.74, 6) is 2.34. The number of amides is 1. The zero-order valence-corrected chi connectivity index (χ0v) is 16.0. The van der Waals surface area contributed by atoms with E-state index in [2.05, 4.69) is 29.4 Å². The Balaban J connectivity index is 1.45. The van der Waals surface area contributed by atoms with Crippen LogP contribution >= 0.6 is 0 Å². The lowest BCUT2D eigenvalue weighted by Gasteiger charge is -2.18. The van der Waals surface area contributed by atoms with Crippen molar-refractivity contribution < 1.29 is 18.7 Å². The Morgan fingerprint density at radius 1 is 1.07 bits per heavy atom. The van der Waals surface area contributed by atoms with Crippen LogP contribution in [0.2, 0.25) is 0 Å². The quantitative estimate of drug-likeness (QED) is 0.721. The number of aryl methyl sites for hydroxylation is 2. The third-order valence-corrected chi connectivity index (χ3v) is 4.66. The number of hydrogen-bond acceptors (Lipinski definition) is 5. The lowest BCUT2D eigenvalue weighted by molar-refractivity contribution is -0.115. The Labute approximate surface area is 163 Å². The van der Waals surface area contributed by atoms with Crippen LogP contribution in [0, 0.1) is 6.92 Å². The highest BCUT2D eigenvalue weighted by Crippen LogP contribution is 2.32. The van der Waals surface area contributed by atoms with Crippen molar-refractivity contribution in [3.8, 4) is 23.0 Å². The average Bonchev–Trinajstić information content (AvgIpc) is 3.08. The number of benzene rings is 2. The molecule has 6 heteroatoms. The predicted octanol–water partition coefficient (Wildman–Crippen LogP) is 4.16. The van der Waals surface area contributed by atoms with Crippen molar-refractivity contribution >= 4 is 11.6 Å². The summed E-state index contributed by atoms with van der Waals surface area (Å²) in [5.41, 5.74) is 3.44. The second kappa shape index (κ2) is 7.76. The van der Waals surface area contributed by atoms with Gasteiger partial charge in [0.1, 0.15) is 19.0 Å². The number of rotatable bonds is 5. The third-order valence-electron chi connectivity index (χ3n) is 4.66. The summed E-state index contributed by atoms with van der Waals surface area (Å²) < 4.78 is 16.8. The largest absolute Gasteiger partial charge is 0.486 e. The summed E-state index contributed by atoms with van der Waals surface area (Å²) in [6.45, 7) is 4.98. The number of oxazole rings is 1. The van der Waals surface area contributed by atoms with E-state index >= 15 is 0 Å². The number of carbonyl (C=O) groups excluding carboxylic acids is 1. The lowest BCUT2D eigenvalue weighted by atomic mass is 10.1. The Morgan fingerprint density at radius 3 is 2.57 bits per heavy atom. The minimum atomic E-state index is -0.166. The highest BCUT2D eigenvalue weighted by molar-refractivity contribution is 5.92. The summed E-state index contributed by atoms with van der Waals surface area (Å²) in [5, 5.41) is 2.88. The molecule has 0 atom stereocenters. The number of ether oxygens (including phenoxy) is 2. The standard InChI is InChI=1S/C22H22N2O4/c1-3-15-4-6-16(7-5-15)22-24-18(14(2)28-22)13-21(25)23-17-8-9-19-20(12-17)27-11-10-26-19/h4-9,12H,3,10-11,13H2,1-2H3,(H,23,25). The summed E-state index contributed by atoms with van der Waals surface area (Å²) in [6.07, 6.45) is 1.12. The molecule has 1 N–H and O–H groups in total. The van der Waals surface area contributed by atoms with Crippen LogP contribution in [0.4, 0.5) is 5.69 Å². The van der Waals surface area contributed by atoms with Crippen LogP contribution in [0.15, 0.2) is 46.9 Å². The molecule has 6 nitrogen and oxygen atoms in total. The zero-order chi connectivity index (χ0) is 19.5. The molecular formula is C22H22N2O4. The first kappa shape index (κ1) is 18.1. The number of anilines is 1. The van der Waals surface area contributed by atoms with Crippen molar-refractivity contribution in [2.24, 2.45) is 0 Å². The van der Waals surface area contributed by atoms with Gasteiger partial charge in [-0.05, 0) is 43.2 Å². The molecule has 2 aromatic carbocycles. The molecule has 1 aromatic heterocycles. The molecule has 4 rings (SSSR count). The smallest absolute Gasteiger partial charge is 0.230 e. The number of nitrogens with one attached hydrogen (secondary N) is 1. The van der Waals surface area contributed by atoms with Gasteiger partial charge in [0.15, 0.2) is 11.5 Å². The molecule has 0 unspecified atom stereocenters. The van der Waals surface area contributed by atoms with Crippen LogP contribution in [0.1, 0.15) is 23.9 Å². The van der Waals surface area contributed by atoms with Gasteiger partial charge in [-0.25, -0.2) is 4.98 Å². The van der Waals surface area contributed by atoms with Crippen molar-refractivity contribution in [3.63, 3.8) is 0 Å². The van der Waals surface area contributed by atoms with E-state index in [1.165, 1.54) is 5.56 Å². The van der Waals surface area contributed by atoms with Gasteiger partial charge in [-0.3, -0.25) is 4.79 Å². The maximum atomic E-state index is 12.5. The molecule has 2 heterocycles. The van der Waals surface area contributed by atoms with E-state index in [0.717, 1.165) is 12.0 Å². The van der Waals surface area contributed by atoms with Gasteiger partial charge in [0.25, 0.3) is 0 Å². The number of fused-ring (bicyclic) bond motifs is 1. The molecule has 28 heavy (non-hydrogen) atoms. The van der Waals surface area contributed by atoms with Crippen LogP contribution in [0.5, 0.6) is 11.5 Å². The molecule has 0 bridgehead atoms. The minimum Gasteiger partial charge on any atom is -0.486 e. The fourth-order valence-electron chi connectivity index (χ4n) is 3.08. The van der Waals surface area contributed by atoms with E-state index in [-0.39, 0.29) is 12.3 Å². The van der Waals surface area contributed by atoms with Gasteiger partial charge in [-0.2, -0.15) is 0 Å². The number of nitrogens with zero attached hydrogens (tertiary/aromatic N) is 1. The molecule has 1 aliphatic rings. The lowest BCUT2D eigenvalue weighted by Crippen LogP contribution is -2.17. The third kappa shape index (κ3) is 3.86. The van der Waals surface area contributed by atoms with E-state index in [4.69, 9.17) is 13.9 Å². The maximum Gasteiger partial charge on any atom is 0.230 e. The van der Waals surface area contributed by atoms with Gasteiger partial charge in [0, 0.05) is 17.3 Å². The van der Waals surface area contributed by atoms with E-state index in [1.807, 2.05) is 19.1 Å². The van der Waals surface area contributed by atoms with Crippen molar-refractivity contribution in [2.75, 3.05) is 18.5 Å². The van der Waals surface area contributed by atoms with Gasteiger partial charge in [-0.15, -0.1) is 0 Å². The monoisotopic (exact) mass is 378 g/mol. The molecule has 0 radical (unpaired) electrons. The molecule has 0 saturated heterocycles. The van der Waals surface area contributed by atoms with Gasteiger partial charge < -0.3 is 19.2 Å². The molecule has 1 amide bonds. The SMILES string of the molecule is CCc1ccc(-c2nc(CC(=O)Nc3ccc4c(c3)OCCO4)c(C)o2)cc1. The molecular weight excluding hydrogens is 356 g/mol. The number of hydrogen-bond donors (Lipinski definition) is 1. The van der Waals surface area contributed by atoms with Crippen molar-refractivity contribution in [3.05, 3.63) is 59.5 Å². The highest BCUT2D eigenvalue weighted by atomic mass is 16.6. The summed E-state index contributed by atoms with van der Waals surface area (Å²) >= 11 is 0. The van der Waals surface area contributed by atoms with E-state index < -0.39 is 0 Å². The summed E-state index contributed by atoms with van der Waals surface area (Å²) in [6, 6.07) is 13.5. The first-order valence-corrected chi connectivity index (χ1v) is 9.37. The van der Waals surface area contributed by atoms with Gasteiger partial charge in [-0.1, -0.05) is 19.1 Å². The van der Waals surface area contributed by atoms with Crippen LogP contribution < -0.4 is 14.8 Å². The van der Waals surface area contributed by atoms with E-state index in [9.17, 15) is 4.79 Å². The van der Waals surface area contributed by atoms with Crippen LogP contribution in [0.25, 0.3) is 11.5 Å². The minimum absolute atomic E-state index is 0.136. The average molecular weight is 378 g/mol. The van der Waals surface area contributed by atoms with Gasteiger partial charge in [0.05, 0.1) is 12.1 Å². The Kier molecular flexibility index (Phi) is 5.02.